The van der Waals surface area contributed by atoms with Crippen molar-refractivity contribution in [3.05, 3.63) is 60.8 Å². The SMILES string of the molecule is Cn1c(-c2ccc(-c3ccccc3)cc2)cnc1SCCN1C(=O)CCC1=O. The van der Waals surface area contributed by atoms with Crippen LogP contribution in [0.5, 0.6) is 0 Å². The molecule has 0 radical (unpaired) electrons. The number of likely N-dealkylation sites (tertiary alicyclic amines) is 1. The molecular weight excluding hydrogens is 370 g/mol. The van der Waals surface area contributed by atoms with Crippen molar-refractivity contribution in [2.45, 2.75) is 18.0 Å². The maximum absolute atomic E-state index is 11.7. The molecule has 0 atom stereocenters. The minimum atomic E-state index is -0.0652. The molecule has 0 spiro atoms. The molecule has 6 heteroatoms. The standard InChI is InChI=1S/C22H21N3O2S/c1-24-19(18-9-7-17(8-10-18)16-5-3-2-4-6-16)15-23-22(24)28-14-13-25-20(26)11-12-21(25)27/h2-10,15H,11-14H2,1H3. The normalized spacial score (nSPS) is 14.1. The first-order valence-electron chi connectivity index (χ1n) is 9.27. The van der Waals surface area contributed by atoms with Gasteiger partial charge in [0, 0.05) is 32.2 Å². The van der Waals surface area contributed by atoms with Crippen LogP contribution in [0.4, 0.5) is 0 Å². The molecule has 28 heavy (non-hydrogen) atoms. The highest BCUT2D eigenvalue weighted by Crippen LogP contribution is 2.27. The maximum Gasteiger partial charge on any atom is 0.229 e. The van der Waals surface area contributed by atoms with Gasteiger partial charge in [-0.1, -0.05) is 66.4 Å². The first-order chi connectivity index (χ1) is 13.6. The van der Waals surface area contributed by atoms with Crippen molar-refractivity contribution >= 4 is 23.6 Å². The molecule has 4 rings (SSSR count). The molecule has 1 aliphatic rings. The average molecular weight is 391 g/mol. The summed E-state index contributed by atoms with van der Waals surface area (Å²) in [5.41, 5.74) is 4.52. The van der Waals surface area contributed by atoms with Crippen molar-refractivity contribution < 1.29 is 9.59 Å². The lowest BCUT2D eigenvalue weighted by Gasteiger charge is -2.13. The van der Waals surface area contributed by atoms with Crippen LogP contribution in [0.25, 0.3) is 22.4 Å². The number of imide groups is 1. The van der Waals surface area contributed by atoms with E-state index in [1.807, 2.05) is 31.4 Å². The number of rotatable bonds is 6. The van der Waals surface area contributed by atoms with Crippen LogP contribution < -0.4 is 0 Å². The Hall–Kier alpha value is -2.86. The zero-order valence-corrected chi connectivity index (χ0v) is 16.5. The Morgan fingerprint density at radius 1 is 0.893 bits per heavy atom. The predicted octanol–water partition coefficient (Wildman–Crippen LogP) is 4.00. The number of nitrogens with zero attached hydrogens (tertiary/aromatic N) is 3. The monoisotopic (exact) mass is 391 g/mol. The van der Waals surface area contributed by atoms with E-state index in [9.17, 15) is 9.59 Å². The minimum absolute atomic E-state index is 0.0652. The van der Waals surface area contributed by atoms with E-state index in [0.717, 1.165) is 16.4 Å². The molecule has 0 saturated carbocycles. The van der Waals surface area contributed by atoms with Crippen molar-refractivity contribution in [3.63, 3.8) is 0 Å². The summed E-state index contributed by atoms with van der Waals surface area (Å²) in [5.74, 6) is 0.517. The molecule has 0 bridgehead atoms. The average Bonchev–Trinajstić information content (AvgIpc) is 3.25. The van der Waals surface area contributed by atoms with Crippen LogP contribution in [0.3, 0.4) is 0 Å². The second kappa shape index (κ2) is 8.02. The van der Waals surface area contributed by atoms with Crippen LogP contribution in [0.1, 0.15) is 12.8 Å². The zero-order chi connectivity index (χ0) is 19.5. The van der Waals surface area contributed by atoms with E-state index in [4.69, 9.17) is 0 Å². The van der Waals surface area contributed by atoms with Crippen LogP contribution in [0.15, 0.2) is 66.0 Å². The second-order valence-electron chi connectivity index (χ2n) is 6.72. The third kappa shape index (κ3) is 3.73. The van der Waals surface area contributed by atoms with E-state index in [-0.39, 0.29) is 11.8 Å². The summed E-state index contributed by atoms with van der Waals surface area (Å²) in [5, 5.41) is 0.876. The van der Waals surface area contributed by atoms with Crippen molar-refractivity contribution in [1.82, 2.24) is 14.5 Å². The van der Waals surface area contributed by atoms with E-state index in [0.29, 0.717) is 25.1 Å². The largest absolute Gasteiger partial charge is 0.322 e. The van der Waals surface area contributed by atoms with Crippen molar-refractivity contribution in [2.75, 3.05) is 12.3 Å². The molecule has 142 valence electrons. The number of carbonyl (C=O) groups is 2. The Morgan fingerprint density at radius 2 is 1.50 bits per heavy atom. The zero-order valence-electron chi connectivity index (χ0n) is 15.7. The minimum Gasteiger partial charge on any atom is -0.322 e. The Balaban J connectivity index is 1.43. The highest BCUT2D eigenvalue weighted by Gasteiger charge is 2.28. The van der Waals surface area contributed by atoms with Crippen molar-refractivity contribution in [1.29, 1.82) is 0 Å². The molecule has 2 amide bonds. The molecule has 0 N–H and O–H groups in total. The number of imidazole rings is 1. The topological polar surface area (TPSA) is 55.2 Å². The first-order valence-corrected chi connectivity index (χ1v) is 10.3. The highest BCUT2D eigenvalue weighted by atomic mass is 32.2. The van der Waals surface area contributed by atoms with E-state index < -0.39 is 0 Å². The fourth-order valence-electron chi connectivity index (χ4n) is 3.36. The number of aromatic nitrogens is 2. The van der Waals surface area contributed by atoms with Gasteiger partial charge in [-0.15, -0.1) is 0 Å². The third-order valence-electron chi connectivity index (χ3n) is 4.93. The summed E-state index contributed by atoms with van der Waals surface area (Å²) in [7, 11) is 1.99. The molecule has 2 heterocycles. The summed E-state index contributed by atoms with van der Waals surface area (Å²) < 4.78 is 2.05. The summed E-state index contributed by atoms with van der Waals surface area (Å²) in [6.45, 7) is 0.441. The molecule has 2 aromatic carbocycles. The molecular formula is C22H21N3O2S. The lowest BCUT2D eigenvalue weighted by molar-refractivity contribution is -0.137. The van der Waals surface area contributed by atoms with Crippen molar-refractivity contribution in [2.24, 2.45) is 7.05 Å². The van der Waals surface area contributed by atoms with Gasteiger partial charge in [0.1, 0.15) is 0 Å². The highest BCUT2D eigenvalue weighted by molar-refractivity contribution is 7.99. The van der Waals surface area contributed by atoms with E-state index in [1.54, 1.807) is 11.8 Å². The molecule has 1 aliphatic heterocycles. The molecule has 1 aromatic heterocycles. The Bertz CT molecular complexity index is 980. The second-order valence-corrected chi connectivity index (χ2v) is 7.78. The van der Waals surface area contributed by atoms with Gasteiger partial charge in [-0.05, 0) is 16.7 Å². The van der Waals surface area contributed by atoms with Crippen LogP contribution >= 0.6 is 11.8 Å². The fraction of sp³-hybridized carbons (Fsp3) is 0.227. The number of thioether (sulfide) groups is 1. The lowest BCUT2D eigenvalue weighted by atomic mass is 10.0. The summed E-state index contributed by atoms with van der Waals surface area (Å²) in [6, 6.07) is 18.7. The summed E-state index contributed by atoms with van der Waals surface area (Å²) in [4.78, 5) is 29.2. The van der Waals surface area contributed by atoms with Gasteiger partial charge < -0.3 is 4.57 Å². The van der Waals surface area contributed by atoms with Gasteiger partial charge in [0.2, 0.25) is 11.8 Å². The van der Waals surface area contributed by atoms with Gasteiger partial charge in [-0.25, -0.2) is 4.98 Å². The number of amides is 2. The summed E-state index contributed by atoms with van der Waals surface area (Å²) in [6.07, 6.45) is 2.55. The number of hydrogen-bond donors (Lipinski definition) is 0. The molecule has 0 unspecified atom stereocenters. The van der Waals surface area contributed by atoms with Gasteiger partial charge in [0.05, 0.1) is 11.9 Å². The van der Waals surface area contributed by atoms with E-state index >= 15 is 0 Å². The van der Waals surface area contributed by atoms with Gasteiger partial charge in [-0.2, -0.15) is 0 Å². The predicted molar refractivity (Wildman–Crippen MR) is 111 cm³/mol. The van der Waals surface area contributed by atoms with E-state index in [2.05, 4.69) is 45.9 Å². The molecule has 1 fully saturated rings. The number of carbonyl (C=O) groups excluding carboxylic acids is 2. The fourth-order valence-corrected chi connectivity index (χ4v) is 4.24. The first kappa shape index (κ1) is 18.5. The molecule has 3 aromatic rings. The van der Waals surface area contributed by atoms with Crippen LogP contribution in [0, 0.1) is 0 Å². The smallest absolute Gasteiger partial charge is 0.229 e. The van der Waals surface area contributed by atoms with Gasteiger partial charge in [0.25, 0.3) is 0 Å². The van der Waals surface area contributed by atoms with Crippen LogP contribution in [-0.2, 0) is 16.6 Å². The van der Waals surface area contributed by atoms with Gasteiger partial charge >= 0.3 is 0 Å². The Morgan fingerprint density at radius 3 is 2.18 bits per heavy atom. The van der Waals surface area contributed by atoms with Gasteiger partial charge in [0.15, 0.2) is 5.16 Å². The Kier molecular flexibility index (Phi) is 5.30. The molecule has 5 nitrogen and oxygen atoms in total. The Labute approximate surface area is 168 Å². The van der Waals surface area contributed by atoms with Crippen LogP contribution in [0.2, 0.25) is 0 Å². The maximum atomic E-state index is 11.7. The van der Waals surface area contributed by atoms with Crippen molar-refractivity contribution in [3.8, 4) is 22.4 Å². The number of benzene rings is 2. The lowest BCUT2D eigenvalue weighted by Crippen LogP contribution is -2.31. The van der Waals surface area contributed by atoms with Gasteiger partial charge in [-0.3, -0.25) is 14.5 Å². The quantitative estimate of drug-likeness (QED) is 0.471. The molecule has 0 aliphatic carbocycles. The molecule has 1 saturated heterocycles. The number of hydrogen-bond acceptors (Lipinski definition) is 4. The third-order valence-corrected chi connectivity index (χ3v) is 5.96. The van der Waals surface area contributed by atoms with E-state index in [1.165, 1.54) is 16.0 Å². The van der Waals surface area contributed by atoms with Crippen LogP contribution in [-0.4, -0.2) is 38.6 Å². The summed E-state index contributed by atoms with van der Waals surface area (Å²) >= 11 is 1.56.